The van der Waals surface area contributed by atoms with Crippen molar-refractivity contribution in [1.82, 2.24) is 4.72 Å². The van der Waals surface area contributed by atoms with Crippen molar-refractivity contribution in [2.75, 3.05) is 0 Å². The Kier molecular flexibility index (Phi) is 5.04. The molecule has 0 amide bonds. The first-order chi connectivity index (χ1) is 8.36. The first-order valence-electron chi connectivity index (χ1n) is 5.89. The van der Waals surface area contributed by atoms with E-state index in [0.717, 1.165) is 11.8 Å². The van der Waals surface area contributed by atoms with Crippen molar-refractivity contribution in [3.63, 3.8) is 0 Å². The van der Waals surface area contributed by atoms with Crippen molar-refractivity contribution in [3.05, 3.63) is 29.8 Å². The highest BCUT2D eigenvalue weighted by atomic mass is 32.2. The minimum Gasteiger partial charge on any atom is -0.303 e. The average Bonchev–Trinajstić information content (AvgIpc) is 2.28. The predicted octanol–water partition coefficient (Wildman–Crippen LogP) is 1.89. The maximum atomic E-state index is 12.1. The molecule has 0 unspecified atom stereocenters. The van der Waals surface area contributed by atoms with Crippen LogP contribution in [0.3, 0.4) is 0 Å². The van der Waals surface area contributed by atoms with Gasteiger partial charge < -0.3 is 4.79 Å². The van der Waals surface area contributed by atoms with Gasteiger partial charge in [-0.05, 0) is 25.0 Å². The second-order valence-corrected chi connectivity index (χ2v) is 6.40. The monoisotopic (exact) mass is 269 g/mol. The summed E-state index contributed by atoms with van der Waals surface area (Å²) in [6, 6.07) is 6.26. The molecular formula is C13H19NO3S. The molecule has 4 nitrogen and oxygen atoms in total. The molecule has 1 atom stereocenters. The smallest absolute Gasteiger partial charge is 0.240 e. The van der Waals surface area contributed by atoms with Crippen LogP contribution in [0.2, 0.25) is 0 Å². The van der Waals surface area contributed by atoms with Crippen molar-refractivity contribution in [2.24, 2.45) is 5.92 Å². The molecule has 1 aromatic carbocycles. The van der Waals surface area contributed by atoms with E-state index in [1.165, 1.54) is 0 Å². The van der Waals surface area contributed by atoms with Gasteiger partial charge in [0.1, 0.15) is 6.29 Å². The second kappa shape index (κ2) is 6.11. The van der Waals surface area contributed by atoms with E-state index >= 15 is 0 Å². The number of aryl methyl sites for hydroxylation is 1. The zero-order chi connectivity index (χ0) is 13.8. The molecule has 0 aliphatic heterocycles. The van der Waals surface area contributed by atoms with E-state index in [9.17, 15) is 13.2 Å². The lowest BCUT2D eigenvalue weighted by molar-refractivity contribution is -0.108. The van der Waals surface area contributed by atoms with Gasteiger partial charge in [0.05, 0.1) is 4.90 Å². The molecule has 0 bridgehead atoms. The fourth-order valence-corrected chi connectivity index (χ4v) is 2.94. The summed E-state index contributed by atoms with van der Waals surface area (Å²) in [4.78, 5) is 10.8. The van der Waals surface area contributed by atoms with Gasteiger partial charge in [-0.2, -0.15) is 0 Å². The van der Waals surface area contributed by atoms with E-state index in [4.69, 9.17) is 0 Å². The number of hydrogen-bond donors (Lipinski definition) is 1. The summed E-state index contributed by atoms with van der Waals surface area (Å²) in [7, 11) is -3.55. The highest BCUT2D eigenvalue weighted by molar-refractivity contribution is 7.89. The molecule has 1 aromatic rings. The van der Waals surface area contributed by atoms with Crippen molar-refractivity contribution in [2.45, 2.75) is 38.1 Å². The van der Waals surface area contributed by atoms with E-state index < -0.39 is 10.0 Å². The van der Waals surface area contributed by atoms with E-state index in [1.807, 2.05) is 20.8 Å². The minimum atomic E-state index is -3.55. The van der Waals surface area contributed by atoms with Crippen LogP contribution >= 0.6 is 0 Å². The van der Waals surface area contributed by atoms with Crippen LogP contribution in [0.1, 0.15) is 25.8 Å². The number of nitrogens with one attached hydrogen (secondary N) is 1. The van der Waals surface area contributed by atoms with Crippen LogP contribution in [0, 0.1) is 12.8 Å². The number of rotatable bonds is 6. The Morgan fingerprint density at radius 3 is 2.22 bits per heavy atom. The molecule has 100 valence electrons. The summed E-state index contributed by atoms with van der Waals surface area (Å²) < 4.78 is 26.8. The Bertz CT molecular complexity index is 491. The van der Waals surface area contributed by atoms with Gasteiger partial charge in [0.2, 0.25) is 10.0 Å². The van der Waals surface area contributed by atoms with Crippen molar-refractivity contribution in [3.8, 4) is 0 Å². The van der Waals surface area contributed by atoms with Crippen molar-refractivity contribution >= 4 is 16.3 Å². The molecular weight excluding hydrogens is 250 g/mol. The van der Waals surface area contributed by atoms with Crippen LogP contribution in [0.4, 0.5) is 0 Å². The fourth-order valence-electron chi connectivity index (χ4n) is 1.54. The number of sulfonamides is 1. The third-order valence-electron chi connectivity index (χ3n) is 2.79. The zero-order valence-corrected chi connectivity index (χ0v) is 11.7. The van der Waals surface area contributed by atoms with E-state index in [2.05, 4.69) is 4.72 Å². The number of hydrogen-bond acceptors (Lipinski definition) is 3. The van der Waals surface area contributed by atoms with Gasteiger partial charge in [0, 0.05) is 12.5 Å². The first kappa shape index (κ1) is 14.9. The second-order valence-electron chi connectivity index (χ2n) is 4.69. The molecule has 0 aliphatic carbocycles. The van der Waals surface area contributed by atoms with Crippen LogP contribution in [0.5, 0.6) is 0 Å². The molecule has 0 aliphatic rings. The van der Waals surface area contributed by atoms with Crippen LogP contribution in [0.25, 0.3) is 0 Å². The van der Waals surface area contributed by atoms with Gasteiger partial charge in [0.25, 0.3) is 0 Å². The van der Waals surface area contributed by atoms with E-state index in [1.54, 1.807) is 24.3 Å². The lowest BCUT2D eigenvalue weighted by Crippen LogP contribution is -2.38. The number of aldehydes is 1. The summed E-state index contributed by atoms with van der Waals surface area (Å²) in [6.07, 6.45) is 0.922. The fraction of sp³-hybridized carbons (Fsp3) is 0.462. The first-order valence-corrected chi connectivity index (χ1v) is 7.38. The van der Waals surface area contributed by atoms with Gasteiger partial charge in [-0.25, -0.2) is 13.1 Å². The molecule has 0 fully saturated rings. The van der Waals surface area contributed by atoms with Gasteiger partial charge in [-0.15, -0.1) is 0 Å². The standard InChI is InChI=1S/C13H19NO3S/c1-10(2)13(8-9-15)14-18(16,17)12-6-4-11(3)5-7-12/h4-7,9-10,13-14H,8H2,1-3H3/t13-/m0/s1. The maximum Gasteiger partial charge on any atom is 0.240 e. The highest BCUT2D eigenvalue weighted by Crippen LogP contribution is 2.13. The Hall–Kier alpha value is -1.20. The molecule has 0 saturated heterocycles. The predicted molar refractivity (Wildman–Crippen MR) is 70.8 cm³/mol. The maximum absolute atomic E-state index is 12.1. The molecule has 0 spiro atoms. The van der Waals surface area contributed by atoms with Gasteiger partial charge >= 0.3 is 0 Å². The molecule has 1 rings (SSSR count). The summed E-state index contributed by atoms with van der Waals surface area (Å²) >= 11 is 0. The van der Waals surface area contributed by atoms with E-state index in [0.29, 0.717) is 0 Å². The lowest BCUT2D eigenvalue weighted by atomic mass is 10.0. The minimum absolute atomic E-state index is 0.0652. The third kappa shape index (κ3) is 3.92. The molecule has 0 aromatic heterocycles. The van der Waals surface area contributed by atoms with Gasteiger partial charge in [-0.3, -0.25) is 0 Å². The summed E-state index contributed by atoms with van der Waals surface area (Å²) in [5, 5.41) is 0. The third-order valence-corrected chi connectivity index (χ3v) is 4.30. The van der Waals surface area contributed by atoms with Gasteiger partial charge in [-0.1, -0.05) is 31.5 Å². The molecule has 0 heterocycles. The molecule has 0 radical (unpaired) electrons. The van der Waals surface area contributed by atoms with Crippen LogP contribution in [-0.2, 0) is 14.8 Å². The van der Waals surface area contributed by atoms with Crippen LogP contribution in [-0.4, -0.2) is 20.7 Å². The largest absolute Gasteiger partial charge is 0.303 e. The van der Waals surface area contributed by atoms with Gasteiger partial charge in [0.15, 0.2) is 0 Å². The zero-order valence-electron chi connectivity index (χ0n) is 10.9. The Balaban J connectivity index is 2.93. The Morgan fingerprint density at radius 1 is 1.22 bits per heavy atom. The normalized spacial score (nSPS) is 13.6. The van der Waals surface area contributed by atoms with Crippen LogP contribution < -0.4 is 4.72 Å². The van der Waals surface area contributed by atoms with Crippen molar-refractivity contribution < 1.29 is 13.2 Å². The molecule has 18 heavy (non-hydrogen) atoms. The van der Waals surface area contributed by atoms with Crippen molar-refractivity contribution in [1.29, 1.82) is 0 Å². The molecule has 5 heteroatoms. The van der Waals surface area contributed by atoms with Crippen LogP contribution in [0.15, 0.2) is 29.2 Å². The Morgan fingerprint density at radius 2 is 1.78 bits per heavy atom. The molecule has 1 N–H and O–H groups in total. The summed E-state index contributed by atoms with van der Waals surface area (Å²) in [5.41, 5.74) is 1.00. The number of carbonyl (C=O) groups excluding carboxylic acids is 1. The molecule has 0 saturated carbocycles. The number of benzene rings is 1. The lowest BCUT2D eigenvalue weighted by Gasteiger charge is -2.20. The Labute approximate surface area is 108 Å². The highest BCUT2D eigenvalue weighted by Gasteiger charge is 2.21. The summed E-state index contributed by atoms with van der Waals surface area (Å²) in [6.45, 7) is 5.66. The quantitative estimate of drug-likeness (QED) is 0.802. The summed E-state index contributed by atoms with van der Waals surface area (Å²) in [5.74, 6) is 0.0652. The SMILES string of the molecule is Cc1ccc(S(=O)(=O)N[C@@H](CC=O)C(C)C)cc1. The average molecular weight is 269 g/mol. The van der Waals surface area contributed by atoms with E-state index in [-0.39, 0.29) is 23.3 Å². The number of carbonyl (C=O) groups is 1. The topological polar surface area (TPSA) is 63.2 Å².